The molecule has 4 heteroatoms. The highest BCUT2D eigenvalue weighted by atomic mass is 127. The molecule has 0 atom stereocenters. The average molecular weight is 301 g/mol. The zero-order chi connectivity index (χ0) is 10.7. The van der Waals surface area contributed by atoms with E-state index in [2.05, 4.69) is 0 Å². The maximum atomic E-state index is 11.3. The first kappa shape index (κ1) is 11.0. The van der Waals surface area contributed by atoms with E-state index in [0.29, 0.717) is 16.9 Å². The molecule has 14 heavy (non-hydrogen) atoms. The van der Waals surface area contributed by atoms with E-state index in [-0.39, 0.29) is 5.78 Å². The van der Waals surface area contributed by atoms with Crippen molar-refractivity contribution in [1.82, 2.24) is 0 Å². The van der Waals surface area contributed by atoms with Crippen molar-refractivity contribution in [3.63, 3.8) is 0 Å². The van der Waals surface area contributed by atoms with Crippen LogP contribution in [0, 0.1) is 14.9 Å². The Hall–Kier alpha value is -1.09. The van der Waals surface area contributed by atoms with Crippen molar-refractivity contribution in [2.45, 2.75) is 6.92 Å². The summed E-state index contributed by atoms with van der Waals surface area (Å²) in [6, 6.07) is 5.43. The van der Waals surface area contributed by atoms with Crippen LogP contribution in [0.15, 0.2) is 12.1 Å². The van der Waals surface area contributed by atoms with Gasteiger partial charge >= 0.3 is 0 Å². The molecule has 72 valence electrons. The molecule has 0 amide bonds. The minimum atomic E-state index is -0.121. The quantitative estimate of drug-likeness (QED) is 0.622. The summed E-state index contributed by atoms with van der Waals surface area (Å²) in [5, 5.41) is 8.92. The van der Waals surface area contributed by atoms with Crippen LogP contribution in [-0.2, 0) is 0 Å². The highest BCUT2D eigenvalue weighted by Gasteiger charge is 2.15. The zero-order valence-electron chi connectivity index (χ0n) is 7.80. The van der Waals surface area contributed by atoms with E-state index in [0.717, 1.165) is 3.57 Å². The van der Waals surface area contributed by atoms with Crippen molar-refractivity contribution in [2.24, 2.45) is 0 Å². The molecule has 0 unspecified atom stereocenters. The Morgan fingerprint density at radius 1 is 1.57 bits per heavy atom. The molecule has 0 saturated heterocycles. The van der Waals surface area contributed by atoms with Crippen LogP contribution in [-0.4, -0.2) is 12.9 Å². The number of nitrogens with zero attached hydrogens (tertiary/aromatic N) is 1. The topological polar surface area (TPSA) is 50.1 Å². The number of nitriles is 1. The third kappa shape index (κ3) is 1.87. The number of rotatable bonds is 2. The van der Waals surface area contributed by atoms with Crippen molar-refractivity contribution in [3.8, 4) is 11.8 Å². The summed E-state index contributed by atoms with van der Waals surface area (Å²) in [5.74, 6) is 0.322. The van der Waals surface area contributed by atoms with Crippen LogP contribution < -0.4 is 4.74 Å². The predicted molar refractivity (Wildman–Crippen MR) is 60.4 cm³/mol. The first-order valence-electron chi connectivity index (χ1n) is 3.89. The fraction of sp³-hybridized carbons (Fsp3) is 0.200. The summed E-state index contributed by atoms with van der Waals surface area (Å²) in [6.07, 6.45) is 0. The van der Waals surface area contributed by atoms with Crippen LogP contribution in [0.4, 0.5) is 0 Å². The van der Waals surface area contributed by atoms with E-state index < -0.39 is 0 Å². The number of hydrogen-bond acceptors (Lipinski definition) is 3. The predicted octanol–water partition coefficient (Wildman–Crippen LogP) is 2.37. The molecular weight excluding hydrogens is 293 g/mol. The number of methoxy groups -OCH3 is 1. The van der Waals surface area contributed by atoms with Gasteiger partial charge in [0.1, 0.15) is 17.4 Å². The second-order valence-corrected chi connectivity index (χ2v) is 3.83. The van der Waals surface area contributed by atoms with E-state index in [1.165, 1.54) is 14.0 Å². The largest absolute Gasteiger partial charge is 0.495 e. The van der Waals surface area contributed by atoms with Crippen molar-refractivity contribution in [2.75, 3.05) is 7.11 Å². The fourth-order valence-electron chi connectivity index (χ4n) is 1.18. The molecular formula is C10H8INO2. The Balaban J connectivity index is 3.53. The van der Waals surface area contributed by atoms with Crippen LogP contribution in [0.25, 0.3) is 0 Å². The molecule has 0 aliphatic heterocycles. The molecule has 1 rings (SSSR count). The minimum absolute atomic E-state index is 0.121. The van der Waals surface area contributed by atoms with Crippen LogP contribution in [0.2, 0.25) is 0 Å². The lowest BCUT2D eigenvalue weighted by atomic mass is 10.0. The van der Waals surface area contributed by atoms with Gasteiger partial charge in [0.25, 0.3) is 0 Å². The van der Waals surface area contributed by atoms with E-state index in [1.54, 1.807) is 12.1 Å². The van der Waals surface area contributed by atoms with E-state index >= 15 is 0 Å². The van der Waals surface area contributed by atoms with Gasteiger partial charge in [-0.25, -0.2) is 0 Å². The van der Waals surface area contributed by atoms with Crippen molar-refractivity contribution < 1.29 is 9.53 Å². The Morgan fingerprint density at radius 2 is 2.21 bits per heavy atom. The van der Waals surface area contributed by atoms with Crippen molar-refractivity contribution in [1.29, 1.82) is 5.26 Å². The van der Waals surface area contributed by atoms with Gasteiger partial charge in [-0.05, 0) is 41.6 Å². The van der Waals surface area contributed by atoms with Crippen LogP contribution >= 0.6 is 22.6 Å². The average Bonchev–Trinajstić information content (AvgIpc) is 2.16. The molecule has 0 heterocycles. The molecule has 1 aromatic carbocycles. The molecule has 0 aliphatic rings. The summed E-state index contributed by atoms with van der Waals surface area (Å²) in [5.41, 5.74) is 0.749. The number of Topliss-reactive ketones (excluding diaryl/α,β-unsaturated/α-hetero) is 1. The smallest absolute Gasteiger partial charge is 0.162 e. The van der Waals surface area contributed by atoms with Gasteiger partial charge in [0.15, 0.2) is 5.78 Å². The number of carbonyl (C=O) groups excluding carboxylic acids is 1. The van der Waals surface area contributed by atoms with Gasteiger partial charge in [-0.15, -0.1) is 0 Å². The maximum Gasteiger partial charge on any atom is 0.162 e. The van der Waals surface area contributed by atoms with Crippen molar-refractivity contribution >= 4 is 28.4 Å². The molecule has 0 fully saturated rings. The number of ketones is 1. The molecule has 0 radical (unpaired) electrons. The van der Waals surface area contributed by atoms with E-state index in [9.17, 15) is 4.79 Å². The number of benzene rings is 1. The summed E-state index contributed by atoms with van der Waals surface area (Å²) in [7, 11) is 1.48. The van der Waals surface area contributed by atoms with Crippen LogP contribution in [0.3, 0.4) is 0 Å². The van der Waals surface area contributed by atoms with Gasteiger partial charge in [0.2, 0.25) is 0 Å². The molecule has 0 aromatic heterocycles. The number of ether oxygens (including phenoxy) is 1. The maximum absolute atomic E-state index is 11.3. The lowest BCUT2D eigenvalue weighted by Crippen LogP contribution is -2.02. The third-order valence-corrected chi connectivity index (χ3v) is 2.70. The molecule has 0 saturated carbocycles. The van der Waals surface area contributed by atoms with Gasteiger partial charge in [-0.1, -0.05) is 0 Å². The standard InChI is InChI=1S/C10H8INO2/c1-6(13)10-7(5-12)9(14-2)4-3-8(10)11/h3-4H,1-2H3. The number of halogens is 1. The molecule has 0 bridgehead atoms. The highest BCUT2D eigenvalue weighted by molar-refractivity contribution is 14.1. The highest BCUT2D eigenvalue weighted by Crippen LogP contribution is 2.26. The summed E-state index contributed by atoms with van der Waals surface area (Å²) >= 11 is 2.03. The Kier molecular flexibility index (Phi) is 3.47. The fourth-order valence-corrected chi connectivity index (χ4v) is 2.01. The summed E-state index contributed by atoms with van der Waals surface area (Å²) < 4.78 is 5.77. The van der Waals surface area contributed by atoms with Gasteiger partial charge < -0.3 is 4.74 Å². The van der Waals surface area contributed by atoms with Crippen LogP contribution in [0.5, 0.6) is 5.75 Å². The molecule has 0 spiro atoms. The molecule has 0 aliphatic carbocycles. The van der Waals surface area contributed by atoms with Crippen molar-refractivity contribution in [3.05, 3.63) is 26.8 Å². The normalized spacial score (nSPS) is 9.29. The first-order valence-corrected chi connectivity index (χ1v) is 4.97. The Labute approximate surface area is 95.8 Å². The first-order chi connectivity index (χ1) is 6.61. The van der Waals surface area contributed by atoms with E-state index in [4.69, 9.17) is 10.00 Å². The second-order valence-electron chi connectivity index (χ2n) is 2.67. The van der Waals surface area contributed by atoms with Crippen LogP contribution in [0.1, 0.15) is 22.8 Å². The Morgan fingerprint density at radius 3 is 2.64 bits per heavy atom. The molecule has 3 nitrogen and oxygen atoms in total. The van der Waals surface area contributed by atoms with Gasteiger partial charge in [0.05, 0.1) is 12.7 Å². The zero-order valence-corrected chi connectivity index (χ0v) is 9.95. The monoisotopic (exact) mass is 301 g/mol. The van der Waals surface area contributed by atoms with Gasteiger partial charge in [-0.3, -0.25) is 4.79 Å². The van der Waals surface area contributed by atoms with E-state index in [1.807, 2.05) is 28.7 Å². The Bertz CT molecular complexity index is 421. The lowest BCUT2D eigenvalue weighted by Gasteiger charge is -2.07. The summed E-state index contributed by atoms with van der Waals surface area (Å²) in [4.78, 5) is 11.3. The summed E-state index contributed by atoms with van der Waals surface area (Å²) in [6.45, 7) is 1.44. The minimum Gasteiger partial charge on any atom is -0.495 e. The molecule has 0 N–H and O–H groups in total. The number of carbonyl (C=O) groups is 1. The van der Waals surface area contributed by atoms with Gasteiger partial charge in [-0.2, -0.15) is 5.26 Å². The third-order valence-electron chi connectivity index (χ3n) is 1.80. The SMILES string of the molecule is COc1ccc(I)c(C(C)=O)c1C#N. The second kappa shape index (κ2) is 4.42. The lowest BCUT2D eigenvalue weighted by molar-refractivity contribution is 0.101. The number of hydrogen-bond donors (Lipinski definition) is 0. The molecule has 1 aromatic rings. The van der Waals surface area contributed by atoms with Gasteiger partial charge in [0, 0.05) is 3.57 Å².